The lowest BCUT2D eigenvalue weighted by atomic mass is 10.1. The molecular weight excluding hydrogens is 374 g/mol. The van der Waals surface area contributed by atoms with Crippen LogP contribution in [0.15, 0.2) is 55.1 Å². The van der Waals surface area contributed by atoms with Gasteiger partial charge in [0.2, 0.25) is 0 Å². The van der Waals surface area contributed by atoms with Crippen LogP contribution < -0.4 is 0 Å². The van der Waals surface area contributed by atoms with Crippen molar-refractivity contribution in [2.24, 2.45) is 0 Å². The zero-order valence-electron chi connectivity index (χ0n) is 16.5. The highest BCUT2D eigenvalue weighted by Gasteiger charge is 2.15. The molecule has 1 aliphatic rings. The molecule has 5 aromatic rings. The van der Waals surface area contributed by atoms with E-state index in [9.17, 15) is 0 Å². The van der Waals surface area contributed by atoms with Crippen molar-refractivity contribution in [3.05, 3.63) is 60.7 Å². The van der Waals surface area contributed by atoms with Crippen LogP contribution in [-0.4, -0.2) is 48.1 Å². The van der Waals surface area contributed by atoms with Crippen molar-refractivity contribution in [2.45, 2.75) is 19.4 Å². The third kappa shape index (κ3) is 3.04. The number of hydrogen-bond acceptors (Lipinski definition) is 5. The van der Waals surface area contributed by atoms with E-state index in [0.717, 1.165) is 45.5 Å². The molecule has 7 heteroatoms. The number of aromatic amines is 2. The lowest BCUT2D eigenvalue weighted by Gasteiger charge is -2.14. The molecule has 0 unspecified atom stereocenters. The summed E-state index contributed by atoms with van der Waals surface area (Å²) in [5.74, 6) is 0. The third-order valence-corrected chi connectivity index (χ3v) is 5.80. The number of rotatable bonds is 4. The molecule has 6 rings (SSSR count). The van der Waals surface area contributed by atoms with Crippen LogP contribution in [0, 0.1) is 0 Å². The predicted molar refractivity (Wildman–Crippen MR) is 117 cm³/mol. The number of pyridine rings is 3. The molecule has 0 aliphatic carbocycles. The number of hydrogen-bond donors (Lipinski definition) is 2. The van der Waals surface area contributed by atoms with E-state index in [4.69, 9.17) is 0 Å². The number of fused-ring (bicyclic) bond motifs is 2. The van der Waals surface area contributed by atoms with Crippen LogP contribution in [0.25, 0.3) is 44.6 Å². The molecule has 0 aromatic carbocycles. The molecular formula is C23H21N7. The van der Waals surface area contributed by atoms with Gasteiger partial charge in [-0.05, 0) is 61.8 Å². The van der Waals surface area contributed by atoms with Crippen molar-refractivity contribution < 1.29 is 0 Å². The van der Waals surface area contributed by atoms with Gasteiger partial charge in [-0.25, -0.2) is 9.97 Å². The highest BCUT2D eigenvalue weighted by molar-refractivity contribution is 5.95. The highest BCUT2D eigenvalue weighted by atomic mass is 15.2. The zero-order chi connectivity index (χ0) is 19.9. The SMILES string of the molecule is c1cnc2[nH]c(-c3[nH]nc4ncc(-c5cncc(CN6CCCC6)c5)cc34)cc2c1. The van der Waals surface area contributed by atoms with E-state index in [2.05, 4.69) is 53.2 Å². The Hall–Kier alpha value is -3.58. The maximum atomic E-state index is 4.58. The van der Waals surface area contributed by atoms with Crippen molar-refractivity contribution in [3.63, 3.8) is 0 Å². The van der Waals surface area contributed by atoms with Gasteiger partial charge in [-0.15, -0.1) is 0 Å². The van der Waals surface area contributed by atoms with Gasteiger partial charge in [0, 0.05) is 53.2 Å². The number of aromatic nitrogens is 6. The van der Waals surface area contributed by atoms with Crippen LogP contribution in [-0.2, 0) is 6.54 Å². The monoisotopic (exact) mass is 395 g/mol. The first-order chi connectivity index (χ1) is 14.8. The van der Waals surface area contributed by atoms with Crippen molar-refractivity contribution in [1.82, 2.24) is 35.0 Å². The molecule has 6 heterocycles. The summed E-state index contributed by atoms with van der Waals surface area (Å²) >= 11 is 0. The van der Waals surface area contributed by atoms with E-state index >= 15 is 0 Å². The molecule has 30 heavy (non-hydrogen) atoms. The molecule has 0 radical (unpaired) electrons. The van der Waals surface area contributed by atoms with Gasteiger partial charge in [-0.1, -0.05) is 0 Å². The van der Waals surface area contributed by atoms with E-state index in [1.54, 1.807) is 6.20 Å². The summed E-state index contributed by atoms with van der Waals surface area (Å²) in [7, 11) is 0. The summed E-state index contributed by atoms with van der Waals surface area (Å²) in [6.45, 7) is 3.31. The van der Waals surface area contributed by atoms with Gasteiger partial charge < -0.3 is 4.98 Å². The van der Waals surface area contributed by atoms with Gasteiger partial charge in [0.15, 0.2) is 5.65 Å². The smallest absolute Gasteiger partial charge is 0.181 e. The number of H-pyrrole nitrogens is 2. The topological polar surface area (TPSA) is 86.4 Å². The second-order valence-electron chi connectivity index (χ2n) is 7.88. The van der Waals surface area contributed by atoms with Crippen LogP contribution in [0.2, 0.25) is 0 Å². The van der Waals surface area contributed by atoms with Crippen LogP contribution in [0.4, 0.5) is 0 Å². The second-order valence-corrected chi connectivity index (χ2v) is 7.88. The third-order valence-electron chi connectivity index (χ3n) is 5.80. The Balaban J connectivity index is 1.39. The van der Waals surface area contributed by atoms with Crippen LogP contribution in [0.3, 0.4) is 0 Å². The van der Waals surface area contributed by atoms with Crippen LogP contribution in [0.1, 0.15) is 18.4 Å². The summed E-state index contributed by atoms with van der Waals surface area (Å²) in [6.07, 6.45) is 10.1. The average molecular weight is 395 g/mol. The fraction of sp³-hybridized carbons (Fsp3) is 0.217. The largest absolute Gasteiger partial charge is 0.338 e. The molecule has 1 fully saturated rings. The van der Waals surface area contributed by atoms with Crippen LogP contribution >= 0.6 is 0 Å². The Bertz CT molecular complexity index is 1310. The lowest BCUT2D eigenvalue weighted by Crippen LogP contribution is -2.18. The van der Waals surface area contributed by atoms with E-state index in [1.807, 2.05) is 30.7 Å². The first-order valence-corrected chi connectivity index (χ1v) is 10.3. The predicted octanol–water partition coefficient (Wildman–Crippen LogP) is 4.16. The van der Waals surface area contributed by atoms with Gasteiger partial charge in [0.1, 0.15) is 5.65 Å². The van der Waals surface area contributed by atoms with Gasteiger partial charge in [-0.2, -0.15) is 5.10 Å². The van der Waals surface area contributed by atoms with E-state index in [0.29, 0.717) is 5.65 Å². The molecule has 0 spiro atoms. The highest BCUT2D eigenvalue weighted by Crippen LogP contribution is 2.30. The Labute approximate surface area is 173 Å². The second kappa shape index (κ2) is 7.03. The molecule has 7 nitrogen and oxygen atoms in total. The van der Waals surface area contributed by atoms with E-state index < -0.39 is 0 Å². The normalized spacial score (nSPS) is 14.8. The summed E-state index contributed by atoms with van der Waals surface area (Å²) in [5, 5.41) is 9.57. The molecule has 148 valence electrons. The lowest BCUT2D eigenvalue weighted by molar-refractivity contribution is 0.331. The Morgan fingerprint density at radius 3 is 2.77 bits per heavy atom. The summed E-state index contributed by atoms with van der Waals surface area (Å²) in [4.78, 5) is 19.3. The maximum Gasteiger partial charge on any atom is 0.181 e. The Kier molecular flexibility index (Phi) is 4.06. The Morgan fingerprint density at radius 2 is 1.87 bits per heavy atom. The molecule has 0 amide bonds. The fourth-order valence-corrected chi connectivity index (χ4v) is 4.29. The van der Waals surface area contributed by atoms with Gasteiger partial charge in [-0.3, -0.25) is 15.0 Å². The minimum Gasteiger partial charge on any atom is -0.338 e. The number of nitrogens with zero attached hydrogens (tertiary/aromatic N) is 5. The summed E-state index contributed by atoms with van der Waals surface area (Å²) < 4.78 is 0. The number of nitrogens with one attached hydrogen (secondary N) is 2. The molecule has 1 aliphatic heterocycles. The number of likely N-dealkylation sites (tertiary alicyclic amines) is 1. The summed E-state index contributed by atoms with van der Waals surface area (Å²) in [6, 6.07) is 10.4. The Morgan fingerprint density at radius 1 is 0.967 bits per heavy atom. The molecule has 1 saturated heterocycles. The average Bonchev–Trinajstić information content (AvgIpc) is 3.52. The van der Waals surface area contributed by atoms with Crippen molar-refractivity contribution in [3.8, 4) is 22.5 Å². The molecule has 0 atom stereocenters. The van der Waals surface area contributed by atoms with E-state index in [-0.39, 0.29) is 0 Å². The first-order valence-electron chi connectivity index (χ1n) is 10.3. The van der Waals surface area contributed by atoms with Gasteiger partial charge in [0.25, 0.3) is 0 Å². The van der Waals surface area contributed by atoms with Crippen molar-refractivity contribution >= 4 is 22.1 Å². The zero-order valence-corrected chi connectivity index (χ0v) is 16.5. The molecule has 0 bridgehead atoms. The fourth-order valence-electron chi connectivity index (χ4n) is 4.29. The molecule has 2 N–H and O–H groups in total. The van der Waals surface area contributed by atoms with E-state index in [1.165, 1.54) is 31.5 Å². The minimum absolute atomic E-state index is 0.696. The van der Waals surface area contributed by atoms with Gasteiger partial charge >= 0.3 is 0 Å². The molecule has 5 aromatic heterocycles. The van der Waals surface area contributed by atoms with Crippen molar-refractivity contribution in [2.75, 3.05) is 13.1 Å². The molecule has 0 saturated carbocycles. The first kappa shape index (κ1) is 17.3. The van der Waals surface area contributed by atoms with Gasteiger partial charge in [0.05, 0.1) is 11.4 Å². The quantitative estimate of drug-likeness (QED) is 0.477. The van der Waals surface area contributed by atoms with Crippen LogP contribution in [0.5, 0.6) is 0 Å². The maximum absolute atomic E-state index is 4.58. The standard InChI is InChI=1S/C23H21N7/c1-2-7-30(6-1)14-15-8-17(12-24-11-15)18-9-19-21(28-29-23(19)26-13-18)20-10-16-4-3-5-25-22(16)27-20/h3-5,8-13H,1-2,6-7,14H2,(H,25,27)(H,26,28,29). The minimum atomic E-state index is 0.696. The van der Waals surface area contributed by atoms with Crippen molar-refractivity contribution in [1.29, 1.82) is 0 Å². The summed E-state index contributed by atoms with van der Waals surface area (Å²) in [5.41, 5.74) is 6.77.